The number of amides is 1. The molecule has 110 valence electrons. The van der Waals surface area contributed by atoms with Gasteiger partial charge in [0.15, 0.2) is 23.2 Å². The van der Waals surface area contributed by atoms with Crippen molar-refractivity contribution in [3.8, 4) is 5.75 Å². The molecule has 0 saturated carbocycles. The lowest BCUT2D eigenvalue weighted by atomic mass is 10.2. The van der Waals surface area contributed by atoms with Gasteiger partial charge in [0.2, 0.25) is 0 Å². The smallest absolute Gasteiger partial charge is 0.258 e. The summed E-state index contributed by atoms with van der Waals surface area (Å²) in [7, 11) is 0. The highest BCUT2D eigenvalue weighted by Gasteiger charge is 2.15. The van der Waals surface area contributed by atoms with Crippen LogP contribution in [0.3, 0.4) is 0 Å². The van der Waals surface area contributed by atoms with E-state index in [-0.39, 0.29) is 22.8 Å². The first-order chi connectivity index (χ1) is 10.0. The molecule has 0 bridgehead atoms. The van der Waals surface area contributed by atoms with E-state index in [2.05, 4.69) is 10.3 Å². The van der Waals surface area contributed by atoms with Crippen molar-refractivity contribution in [1.82, 2.24) is 4.98 Å². The molecule has 2 aromatic rings. The number of rotatable bonds is 4. The van der Waals surface area contributed by atoms with E-state index in [0.29, 0.717) is 6.61 Å². The van der Waals surface area contributed by atoms with Crippen LogP contribution in [-0.2, 0) is 0 Å². The summed E-state index contributed by atoms with van der Waals surface area (Å²) in [4.78, 5) is 15.4. The first-order valence-corrected chi connectivity index (χ1v) is 6.16. The van der Waals surface area contributed by atoms with E-state index in [9.17, 15) is 13.6 Å². The van der Waals surface area contributed by atoms with Crippen molar-refractivity contribution in [2.45, 2.75) is 6.92 Å². The summed E-state index contributed by atoms with van der Waals surface area (Å²) in [6.07, 6.45) is 1.21. The number of nitrogens with zero attached hydrogens (tertiary/aromatic N) is 1. The Bertz CT molecular complexity index is 677. The quantitative estimate of drug-likeness (QED) is 0.908. The normalized spacial score (nSPS) is 10.2. The van der Waals surface area contributed by atoms with Crippen LogP contribution in [-0.4, -0.2) is 17.5 Å². The molecule has 0 saturated heterocycles. The predicted octanol–water partition coefficient (Wildman–Crippen LogP) is 2.59. The minimum atomic E-state index is -0.915. The molecule has 0 aliphatic carbocycles. The molecule has 7 heteroatoms. The Balaban J connectivity index is 2.20. The van der Waals surface area contributed by atoms with Gasteiger partial charge in [-0.3, -0.25) is 4.79 Å². The van der Waals surface area contributed by atoms with E-state index in [1.807, 2.05) is 0 Å². The van der Waals surface area contributed by atoms with Crippen LogP contribution in [0.4, 0.5) is 20.3 Å². The Morgan fingerprint density at radius 2 is 2.14 bits per heavy atom. The lowest BCUT2D eigenvalue weighted by Gasteiger charge is -2.09. The van der Waals surface area contributed by atoms with E-state index in [1.165, 1.54) is 24.4 Å². The number of halogens is 2. The molecule has 3 N–H and O–H groups in total. The van der Waals surface area contributed by atoms with Crippen LogP contribution in [0.5, 0.6) is 5.75 Å². The van der Waals surface area contributed by atoms with Crippen molar-refractivity contribution in [2.24, 2.45) is 0 Å². The SMILES string of the molecule is CCOc1ccc(NC(=O)c2ccnc(N)c2F)cc1F. The molecule has 1 aromatic heterocycles. The van der Waals surface area contributed by atoms with Crippen LogP contribution in [0.15, 0.2) is 30.5 Å². The summed E-state index contributed by atoms with van der Waals surface area (Å²) in [6, 6.07) is 5.11. The number of ether oxygens (including phenoxy) is 1. The van der Waals surface area contributed by atoms with Crippen LogP contribution < -0.4 is 15.8 Å². The van der Waals surface area contributed by atoms with Crippen LogP contribution in [0.25, 0.3) is 0 Å². The van der Waals surface area contributed by atoms with Gasteiger partial charge < -0.3 is 15.8 Å². The molecule has 0 radical (unpaired) electrons. The average Bonchev–Trinajstić information content (AvgIpc) is 2.45. The molecular weight excluding hydrogens is 280 g/mol. The molecule has 1 heterocycles. The van der Waals surface area contributed by atoms with Crippen LogP contribution >= 0.6 is 0 Å². The number of benzene rings is 1. The summed E-state index contributed by atoms with van der Waals surface area (Å²) in [6.45, 7) is 2.05. The number of nitrogen functional groups attached to an aromatic ring is 1. The Kier molecular flexibility index (Phi) is 4.32. The molecular formula is C14H13F2N3O2. The van der Waals surface area contributed by atoms with E-state index in [4.69, 9.17) is 10.5 Å². The zero-order chi connectivity index (χ0) is 15.4. The largest absolute Gasteiger partial charge is 0.491 e. The van der Waals surface area contributed by atoms with Gasteiger partial charge in [-0.1, -0.05) is 0 Å². The van der Waals surface area contributed by atoms with Crippen LogP contribution in [0.1, 0.15) is 17.3 Å². The molecule has 0 spiro atoms. The topological polar surface area (TPSA) is 77.2 Å². The molecule has 5 nitrogen and oxygen atoms in total. The van der Waals surface area contributed by atoms with Gasteiger partial charge in [0.25, 0.3) is 5.91 Å². The molecule has 0 atom stereocenters. The zero-order valence-electron chi connectivity index (χ0n) is 11.2. The summed E-state index contributed by atoms with van der Waals surface area (Å²) < 4.78 is 32.4. The van der Waals surface area contributed by atoms with Gasteiger partial charge in [0.05, 0.1) is 12.2 Å². The fourth-order valence-electron chi connectivity index (χ4n) is 1.68. The number of nitrogens with one attached hydrogen (secondary N) is 1. The van der Waals surface area contributed by atoms with Crippen LogP contribution in [0, 0.1) is 11.6 Å². The van der Waals surface area contributed by atoms with Gasteiger partial charge >= 0.3 is 0 Å². The van der Waals surface area contributed by atoms with Crippen molar-refractivity contribution in [3.05, 3.63) is 47.7 Å². The molecule has 0 unspecified atom stereocenters. The standard InChI is InChI=1S/C14H13F2N3O2/c1-2-21-11-4-3-8(7-10(11)15)19-14(20)9-5-6-18-13(17)12(9)16/h3-7H,2H2,1H3,(H2,17,18)(H,19,20). The van der Waals surface area contributed by atoms with E-state index >= 15 is 0 Å². The van der Waals surface area contributed by atoms with Crippen molar-refractivity contribution < 1.29 is 18.3 Å². The molecule has 1 aromatic carbocycles. The van der Waals surface area contributed by atoms with Gasteiger partial charge in [0, 0.05) is 18.0 Å². The fourth-order valence-corrected chi connectivity index (χ4v) is 1.68. The number of hydrogen-bond donors (Lipinski definition) is 2. The summed E-state index contributed by atoms with van der Waals surface area (Å²) in [5, 5.41) is 2.38. The molecule has 1 amide bonds. The zero-order valence-corrected chi connectivity index (χ0v) is 11.2. The number of aromatic nitrogens is 1. The third-order valence-corrected chi connectivity index (χ3v) is 2.65. The second-order valence-corrected chi connectivity index (χ2v) is 4.09. The maximum atomic E-state index is 13.7. The highest BCUT2D eigenvalue weighted by atomic mass is 19.1. The fraction of sp³-hybridized carbons (Fsp3) is 0.143. The Hall–Kier alpha value is -2.70. The molecule has 0 aliphatic heterocycles. The average molecular weight is 293 g/mol. The minimum absolute atomic E-state index is 0.0786. The first kappa shape index (κ1) is 14.7. The first-order valence-electron chi connectivity index (χ1n) is 6.16. The number of anilines is 2. The molecule has 21 heavy (non-hydrogen) atoms. The van der Waals surface area contributed by atoms with Crippen LogP contribution in [0.2, 0.25) is 0 Å². The number of pyridine rings is 1. The minimum Gasteiger partial charge on any atom is -0.491 e. The summed E-state index contributed by atoms with van der Waals surface area (Å²) >= 11 is 0. The Morgan fingerprint density at radius 1 is 1.38 bits per heavy atom. The highest BCUT2D eigenvalue weighted by Crippen LogP contribution is 2.22. The number of carbonyl (C=O) groups is 1. The van der Waals surface area contributed by atoms with Gasteiger partial charge in [-0.05, 0) is 25.1 Å². The lowest BCUT2D eigenvalue weighted by Crippen LogP contribution is -2.15. The maximum absolute atomic E-state index is 13.7. The highest BCUT2D eigenvalue weighted by molar-refractivity contribution is 6.04. The third kappa shape index (κ3) is 3.25. The second kappa shape index (κ2) is 6.17. The van der Waals surface area contributed by atoms with Crippen molar-refractivity contribution in [1.29, 1.82) is 0 Å². The van der Waals surface area contributed by atoms with E-state index in [1.54, 1.807) is 6.92 Å². The second-order valence-electron chi connectivity index (χ2n) is 4.09. The van der Waals surface area contributed by atoms with E-state index in [0.717, 1.165) is 6.07 Å². The predicted molar refractivity (Wildman–Crippen MR) is 74.1 cm³/mol. The Morgan fingerprint density at radius 3 is 2.81 bits per heavy atom. The summed E-state index contributed by atoms with van der Waals surface area (Å²) in [5.41, 5.74) is 5.20. The maximum Gasteiger partial charge on any atom is 0.258 e. The van der Waals surface area contributed by atoms with Crippen molar-refractivity contribution in [2.75, 3.05) is 17.7 Å². The number of carbonyl (C=O) groups excluding carboxylic acids is 1. The monoisotopic (exact) mass is 293 g/mol. The Labute approximate surface area is 119 Å². The molecule has 2 rings (SSSR count). The van der Waals surface area contributed by atoms with Crippen molar-refractivity contribution in [3.63, 3.8) is 0 Å². The van der Waals surface area contributed by atoms with Gasteiger partial charge in [-0.25, -0.2) is 13.8 Å². The summed E-state index contributed by atoms with van der Waals surface area (Å²) in [5.74, 6) is -2.58. The molecule has 0 fully saturated rings. The third-order valence-electron chi connectivity index (χ3n) is 2.65. The number of hydrogen-bond acceptors (Lipinski definition) is 4. The van der Waals surface area contributed by atoms with Gasteiger partial charge in [-0.2, -0.15) is 0 Å². The van der Waals surface area contributed by atoms with Gasteiger partial charge in [-0.15, -0.1) is 0 Å². The van der Waals surface area contributed by atoms with Gasteiger partial charge in [0.1, 0.15) is 0 Å². The molecule has 0 aliphatic rings. The lowest BCUT2D eigenvalue weighted by molar-refractivity contribution is 0.102. The number of nitrogens with two attached hydrogens (primary N) is 1. The van der Waals surface area contributed by atoms with Crippen molar-refractivity contribution >= 4 is 17.4 Å². The van der Waals surface area contributed by atoms with E-state index < -0.39 is 17.5 Å².